The van der Waals surface area contributed by atoms with Gasteiger partial charge in [0.1, 0.15) is 12.5 Å². The van der Waals surface area contributed by atoms with Crippen molar-refractivity contribution in [1.29, 1.82) is 0 Å². The van der Waals surface area contributed by atoms with Gasteiger partial charge in [0.25, 0.3) is 17.7 Å². The second-order valence-corrected chi connectivity index (χ2v) is 7.47. The lowest BCUT2D eigenvalue weighted by molar-refractivity contribution is 0.0650. The molecule has 5 nitrogen and oxygen atoms in total. The van der Waals surface area contributed by atoms with Crippen LogP contribution in [-0.4, -0.2) is 29.3 Å². The van der Waals surface area contributed by atoms with E-state index in [9.17, 15) is 18.8 Å². The predicted octanol–water partition coefficient (Wildman–Crippen LogP) is 5.03. The number of carbonyl (C=O) groups is 3. The van der Waals surface area contributed by atoms with Crippen LogP contribution < -0.4 is 4.90 Å². The molecule has 0 atom stereocenters. The highest BCUT2D eigenvalue weighted by Gasteiger charge is 2.37. The van der Waals surface area contributed by atoms with Crippen LogP contribution in [0.15, 0.2) is 66.7 Å². The van der Waals surface area contributed by atoms with E-state index in [0.717, 1.165) is 17.0 Å². The van der Waals surface area contributed by atoms with Crippen molar-refractivity contribution >= 4 is 46.6 Å². The first kappa shape index (κ1) is 20.1. The lowest BCUT2D eigenvalue weighted by Gasteiger charge is -2.27. The number of amides is 3. The van der Waals surface area contributed by atoms with Crippen LogP contribution in [0.2, 0.25) is 10.0 Å². The van der Waals surface area contributed by atoms with E-state index in [4.69, 9.17) is 23.2 Å². The van der Waals surface area contributed by atoms with Crippen LogP contribution >= 0.6 is 23.2 Å². The number of fused-ring (bicyclic) bond motifs is 1. The van der Waals surface area contributed by atoms with Crippen molar-refractivity contribution in [3.8, 4) is 0 Å². The molecule has 1 aliphatic heterocycles. The molecule has 1 heterocycles. The number of nitrogens with zero attached hydrogens (tertiary/aromatic N) is 2. The quantitative estimate of drug-likeness (QED) is 0.532. The first-order valence-corrected chi connectivity index (χ1v) is 9.59. The second-order valence-electron chi connectivity index (χ2n) is 6.59. The second kappa shape index (κ2) is 7.89. The van der Waals surface area contributed by atoms with Crippen molar-refractivity contribution in [3.63, 3.8) is 0 Å². The van der Waals surface area contributed by atoms with E-state index in [1.807, 2.05) is 0 Å². The van der Waals surface area contributed by atoms with Crippen LogP contribution in [0.5, 0.6) is 0 Å². The summed E-state index contributed by atoms with van der Waals surface area (Å²) in [6.45, 7) is -0.362. The van der Waals surface area contributed by atoms with Crippen LogP contribution in [0, 0.1) is 5.82 Å². The molecule has 8 heteroatoms. The van der Waals surface area contributed by atoms with E-state index in [1.54, 1.807) is 24.3 Å². The maximum absolute atomic E-state index is 13.3. The summed E-state index contributed by atoms with van der Waals surface area (Å²) in [6, 6.07) is 15.8. The fraction of sp³-hybridized carbons (Fsp3) is 0.0455. The molecule has 3 aromatic carbocycles. The molecule has 3 amide bonds. The first-order valence-electron chi connectivity index (χ1n) is 8.84. The maximum atomic E-state index is 13.3. The topological polar surface area (TPSA) is 57.7 Å². The molecule has 0 bridgehead atoms. The van der Waals surface area contributed by atoms with Gasteiger partial charge in [0.05, 0.1) is 11.1 Å². The fourth-order valence-electron chi connectivity index (χ4n) is 3.22. The predicted molar refractivity (Wildman–Crippen MR) is 111 cm³/mol. The minimum Gasteiger partial charge on any atom is -0.289 e. The lowest BCUT2D eigenvalue weighted by atomic mass is 10.1. The Balaban J connectivity index is 1.74. The number of imide groups is 1. The van der Waals surface area contributed by atoms with Gasteiger partial charge in [-0.3, -0.25) is 24.2 Å². The van der Waals surface area contributed by atoms with E-state index in [2.05, 4.69) is 0 Å². The Morgan fingerprint density at radius 1 is 0.867 bits per heavy atom. The van der Waals surface area contributed by atoms with Gasteiger partial charge in [-0.05, 0) is 54.6 Å². The van der Waals surface area contributed by atoms with E-state index in [-0.39, 0.29) is 33.4 Å². The minimum absolute atomic E-state index is 0.170. The number of hydrogen-bond donors (Lipinski definition) is 0. The minimum atomic E-state index is -0.551. The Morgan fingerprint density at radius 3 is 1.93 bits per heavy atom. The fourth-order valence-corrected chi connectivity index (χ4v) is 3.73. The summed E-state index contributed by atoms with van der Waals surface area (Å²) >= 11 is 12.2. The molecule has 0 N–H and O–H groups in total. The molecule has 0 radical (unpaired) electrons. The third-order valence-electron chi connectivity index (χ3n) is 4.66. The maximum Gasteiger partial charge on any atom is 0.263 e. The van der Waals surface area contributed by atoms with E-state index in [0.29, 0.717) is 5.69 Å². The van der Waals surface area contributed by atoms with Crippen LogP contribution in [0.25, 0.3) is 0 Å². The SMILES string of the molecule is O=C1c2ccccc2C(=O)N1CN(C(=O)c1ccc(F)cc1)c1cc(Cl)cc(Cl)c1. The van der Waals surface area contributed by atoms with Crippen LogP contribution in [0.3, 0.4) is 0 Å². The Morgan fingerprint density at radius 2 is 1.40 bits per heavy atom. The van der Waals surface area contributed by atoms with Gasteiger partial charge in [0.2, 0.25) is 0 Å². The standard InChI is InChI=1S/C22H13Cl2FN2O3/c23-14-9-15(24)11-17(10-14)26(20(28)13-5-7-16(25)8-6-13)12-27-21(29)18-3-1-2-4-19(18)22(27)30/h1-11H,12H2. The monoisotopic (exact) mass is 442 g/mol. The summed E-state index contributed by atoms with van der Waals surface area (Å²) in [6.07, 6.45) is 0. The van der Waals surface area contributed by atoms with Crippen LogP contribution in [0.1, 0.15) is 31.1 Å². The third kappa shape index (κ3) is 3.67. The number of hydrogen-bond acceptors (Lipinski definition) is 3. The van der Waals surface area contributed by atoms with Crippen LogP contribution in [-0.2, 0) is 0 Å². The molecule has 0 saturated heterocycles. The summed E-state index contributed by atoms with van der Waals surface area (Å²) in [4.78, 5) is 40.9. The van der Waals surface area contributed by atoms with Gasteiger partial charge in [-0.25, -0.2) is 4.39 Å². The largest absolute Gasteiger partial charge is 0.289 e. The number of carbonyl (C=O) groups excluding carboxylic acids is 3. The van der Waals surface area contributed by atoms with Crippen molar-refractivity contribution in [3.05, 3.63) is 99.3 Å². The van der Waals surface area contributed by atoms with E-state index >= 15 is 0 Å². The molecule has 150 valence electrons. The molecule has 0 spiro atoms. The molecule has 3 aromatic rings. The molecule has 0 aliphatic carbocycles. The Bertz CT molecular complexity index is 1130. The van der Waals surface area contributed by atoms with Gasteiger partial charge in [0.15, 0.2) is 0 Å². The average Bonchev–Trinajstić information content (AvgIpc) is 2.96. The summed E-state index contributed by atoms with van der Waals surface area (Å²) < 4.78 is 13.3. The normalized spacial score (nSPS) is 12.8. The van der Waals surface area contributed by atoms with Gasteiger partial charge in [0, 0.05) is 21.3 Å². The van der Waals surface area contributed by atoms with Crippen molar-refractivity contribution in [2.45, 2.75) is 0 Å². The zero-order valence-electron chi connectivity index (χ0n) is 15.3. The Labute approximate surface area is 181 Å². The molecule has 30 heavy (non-hydrogen) atoms. The van der Waals surface area contributed by atoms with Crippen molar-refractivity contribution in [2.24, 2.45) is 0 Å². The molecule has 0 saturated carbocycles. The number of benzene rings is 3. The van der Waals surface area contributed by atoms with Gasteiger partial charge in [-0.15, -0.1) is 0 Å². The first-order chi connectivity index (χ1) is 14.3. The smallest absolute Gasteiger partial charge is 0.263 e. The molecule has 0 unspecified atom stereocenters. The van der Waals surface area contributed by atoms with E-state index < -0.39 is 23.5 Å². The van der Waals surface area contributed by atoms with Crippen molar-refractivity contribution < 1.29 is 18.8 Å². The zero-order chi connectivity index (χ0) is 21.4. The summed E-state index contributed by atoms with van der Waals surface area (Å²) in [5.41, 5.74) is 0.990. The van der Waals surface area contributed by atoms with Gasteiger partial charge in [-0.2, -0.15) is 0 Å². The average molecular weight is 443 g/mol. The van der Waals surface area contributed by atoms with Gasteiger partial charge in [-0.1, -0.05) is 35.3 Å². The molecule has 0 fully saturated rings. The summed E-state index contributed by atoms with van der Waals surface area (Å²) in [5.74, 6) is -2.07. The zero-order valence-corrected chi connectivity index (χ0v) is 16.8. The molecule has 4 rings (SSSR count). The highest BCUT2D eigenvalue weighted by Crippen LogP contribution is 2.29. The molecule has 0 aromatic heterocycles. The number of halogens is 3. The summed E-state index contributed by atoms with van der Waals surface area (Å²) in [5, 5.41) is 0.550. The number of anilines is 1. The van der Waals surface area contributed by atoms with Crippen molar-refractivity contribution in [1.82, 2.24) is 4.90 Å². The molecular formula is C22H13Cl2FN2O3. The Hall–Kier alpha value is -3.22. The molecule has 1 aliphatic rings. The Kier molecular flexibility index (Phi) is 5.28. The number of rotatable bonds is 4. The lowest BCUT2D eigenvalue weighted by Crippen LogP contribution is -2.44. The van der Waals surface area contributed by atoms with Crippen molar-refractivity contribution in [2.75, 3.05) is 11.6 Å². The van der Waals surface area contributed by atoms with Gasteiger partial charge >= 0.3 is 0 Å². The van der Waals surface area contributed by atoms with Crippen LogP contribution in [0.4, 0.5) is 10.1 Å². The molecular weight excluding hydrogens is 430 g/mol. The highest BCUT2D eigenvalue weighted by molar-refractivity contribution is 6.35. The highest BCUT2D eigenvalue weighted by atomic mass is 35.5. The van der Waals surface area contributed by atoms with Gasteiger partial charge < -0.3 is 0 Å². The van der Waals surface area contributed by atoms with E-state index in [1.165, 1.54) is 35.2 Å². The third-order valence-corrected chi connectivity index (χ3v) is 5.09. The summed E-state index contributed by atoms with van der Waals surface area (Å²) in [7, 11) is 0.